The number of allylic oxidation sites excluding steroid dienone is 2. The lowest BCUT2D eigenvalue weighted by molar-refractivity contribution is -0.147. The van der Waals surface area contributed by atoms with Gasteiger partial charge in [0.2, 0.25) is 6.04 Å². The molecule has 3 amide bonds. The number of hydrogen-bond acceptors (Lipinski definition) is 7. The van der Waals surface area contributed by atoms with Gasteiger partial charge in [0.25, 0.3) is 5.91 Å². The predicted molar refractivity (Wildman–Crippen MR) is 168 cm³/mol. The van der Waals surface area contributed by atoms with Gasteiger partial charge in [0.15, 0.2) is 12.6 Å². The molecule has 3 unspecified atom stereocenters. The van der Waals surface area contributed by atoms with E-state index in [1.54, 1.807) is 14.0 Å². The van der Waals surface area contributed by atoms with Gasteiger partial charge in [-0.15, -0.1) is 0 Å². The van der Waals surface area contributed by atoms with Crippen LogP contribution in [0.1, 0.15) is 45.4 Å². The highest BCUT2D eigenvalue weighted by atomic mass is 16.5. The van der Waals surface area contributed by atoms with Gasteiger partial charge in [-0.05, 0) is 51.2 Å². The first-order valence-electron chi connectivity index (χ1n) is 15.3. The molecule has 0 bridgehead atoms. The van der Waals surface area contributed by atoms with Gasteiger partial charge >= 0.3 is 12.0 Å². The lowest BCUT2D eigenvalue weighted by Gasteiger charge is -2.19. The summed E-state index contributed by atoms with van der Waals surface area (Å²) in [5.41, 5.74) is 2.37. The second kappa shape index (κ2) is 14.8. The number of benzene rings is 2. The van der Waals surface area contributed by atoms with Gasteiger partial charge in [0.05, 0.1) is 31.3 Å². The van der Waals surface area contributed by atoms with Gasteiger partial charge in [-0.1, -0.05) is 47.4 Å². The van der Waals surface area contributed by atoms with E-state index >= 15 is 0 Å². The van der Waals surface area contributed by atoms with E-state index < -0.39 is 30.1 Å². The van der Waals surface area contributed by atoms with Crippen LogP contribution in [0.25, 0.3) is 22.2 Å². The molecule has 0 aliphatic carbocycles. The quantitative estimate of drug-likeness (QED) is 0.236. The number of rotatable bonds is 6. The summed E-state index contributed by atoms with van der Waals surface area (Å²) in [6, 6.07) is 15.4. The van der Waals surface area contributed by atoms with E-state index in [4.69, 9.17) is 19.2 Å². The average Bonchev–Trinajstić information content (AvgIpc) is 3.47. The van der Waals surface area contributed by atoms with E-state index in [2.05, 4.69) is 16.7 Å². The van der Waals surface area contributed by atoms with Crippen molar-refractivity contribution >= 4 is 28.8 Å². The Morgan fingerprint density at radius 3 is 2.66 bits per heavy atom. The zero-order valence-electron chi connectivity index (χ0n) is 25.3. The molecule has 3 heterocycles. The number of hydrogen-bond donors (Lipinski definition) is 2. The molecule has 1 saturated heterocycles. The number of amides is 3. The lowest BCUT2D eigenvalue weighted by atomic mass is 10.1. The summed E-state index contributed by atoms with van der Waals surface area (Å²) in [5.74, 6) is 0.388. The SMILES string of the molecule is CCOC(=O)C1CCC=CCCCCNC(=O)[N+]2CC(Oc3cc(-c4ccccc4)nc4cc(OC)ccc34)CC2C(=O)N1. The summed E-state index contributed by atoms with van der Waals surface area (Å²) in [6.07, 6.45) is 7.55. The molecule has 3 atom stereocenters. The molecule has 231 valence electrons. The highest BCUT2D eigenvalue weighted by Gasteiger charge is 2.51. The van der Waals surface area contributed by atoms with Crippen molar-refractivity contribution in [2.24, 2.45) is 0 Å². The fourth-order valence-corrected chi connectivity index (χ4v) is 5.64. The third-order valence-electron chi connectivity index (χ3n) is 7.92. The molecule has 3 aromatic rings. The first-order valence-corrected chi connectivity index (χ1v) is 15.3. The van der Waals surface area contributed by atoms with Crippen LogP contribution in [0.5, 0.6) is 11.5 Å². The third kappa shape index (κ3) is 7.55. The van der Waals surface area contributed by atoms with E-state index in [9.17, 15) is 14.4 Å². The summed E-state index contributed by atoms with van der Waals surface area (Å²) >= 11 is 0. The summed E-state index contributed by atoms with van der Waals surface area (Å²) < 4.78 is 17.3. The molecule has 0 spiro atoms. The minimum atomic E-state index is -0.820. The van der Waals surface area contributed by atoms with Crippen LogP contribution in [0.15, 0.2) is 66.7 Å². The van der Waals surface area contributed by atoms with Crippen LogP contribution >= 0.6 is 0 Å². The molecule has 1 radical (unpaired) electrons. The molecule has 2 aliphatic heterocycles. The maximum atomic E-state index is 13.7. The van der Waals surface area contributed by atoms with Gasteiger partial charge in [-0.3, -0.25) is 4.79 Å². The molecule has 0 saturated carbocycles. The number of ether oxygens (including phenoxy) is 3. The van der Waals surface area contributed by atoms with Gasteiger partial charge in [0.1, 0.15) is 17.5 Å². The second-order valence-corrected chi connectivity index (χ2v) is 11.0. The Labute approximate surface area is 257 Å². The number of urea groups is 1. The number of pyridine rings is 1. The number of methoxy groups -OCH3 is 1. The van der Waals surface area contributed by atoms with Crippen LogP contribution in [-0.2, 0) is 14.3 Å². The maximum absolute atomic E-state index is 13.7. The Kier molecular flexibility index (Phi) is 10.5. The smallest absolute Gasteiger partial charge is 0.465 e. The largest absolute Gasteiger partial charge is 0.497 e. The van der Waals surface area contributed by atoms with Crippen molar-refractivity contribution in [3.63, 3.8) is 0 Å². The first kappa shape index (κ1) is 31.0. The molecule has 10 nitrogen and oxygen atoms in total. The Balaban J connectivity index is 1.43. The molecule has 2 aliphatic rings. The van der Waals surface area contributed by atoms with Gasteiger partial charge in [0, 0.05) is 29.6 Å². The Morgan fingerprint density at radius 2 is 1.86 bits per heavy atom. The third-order valence-corrected chi connectivity index (χ3v) is 7.92. The van der Waals surface area contributed by atoms with Crippen molar-refractivity contribution < 1.29 is 28.6 Å². The molecule has 5 rings (SSSR count). The molecule has 1 fully saturated rings. The molecule has 2 aromatic carbocycles. The van der Waals surface area contributed by atoms with Crippen molar-refractivity contribution in [3.8, 4) is 22.8 Å². The number of esters is 1. The van der Waals surface area contributed by atoms with Gasteiger partial charge < -0.3 is 24.8 Å². The predicted octanol–water partition coefficient (Wildman–Crippen LogP) is 4.85. The standard InChI is InChI=1S/C34H40N4O6/c1-3-43-33(40)27-15-11-6-4-5-7-12-18-35-34(41)38-22-25(20-30(38)32(39)37-27)44-31-21-28(23-13-9-8-10-14-23)36-29-19-24(42-2)16-17-26(29)31/h4,6,8-10,13-14,16-17,19,21,25,27,30H,3,5,7,11-12,15,18,20,22H2,1-2H3,(H,35,41)(H,37,39)/q+1. The zero-order valence-corrected chi connectivity index (χ0v) is 25.3. The molecule has 1 aromatic heterocycles. The van der Waals surface area contributed by atoms with E-state index in [-0.39, 0.29) is 25.6 Å². The topological polar surface area (TPSA) is 122 Å². The highest BCUT2D eigenvalue weighted by Crippen LogP contribution is 2.34. The number of fused-ring (bicyclic) bond motifs is 2. The van der Waals surface area contributed by atoms with Crippen LogP contribution in [0.4, 0.5) is 4.79 Å². The van der Waals surface area contributed by atoms with Gasteiger partial charge in [-0.2, -0.15) is 0 Å². The van der Waals surface area contributed by atoms with Crippen molar-refractivity contribution in [2.45, 2.75) is 63.6 Å². The minimum Gasteiger partial charge on any atom is -0.497 e. The number of nitrogens with one attached hydrogen (secondary N) is 2. The van der Waals surface area contributed by atoms with E-state index in [1.807, 2.05) is 60.7 Å². The highest BCUT2D eigenvalue weighted by molar-refractivity contribution is 5.92. The second-order valence-electron chi connectivity index (χ2n) is 11.0. The number of aromatic nitrogens is 1. The van der Waals surface area contributed by atoms with Crippen LogP contribution in [0.2, 0.25) is 0 Å². The molecule has 44 heavy (non-hydrogen) atoms. The fraction of sp³-hybridized carbons (Fsp3) is 0.412. The zero-order chi connectivity index (χ0) is 30.9. The van der Waals surface area contributed by atoms with Crippen molar-refractivity contribution in [1.29, 1.82) is 0 Å². The van der Waals surface area contributed by atoms with Gasteiger partial charge in [-0.25, -0.2) is 14.6 Å². The normalized spacial score (nSPS) is 21.8. The summed E-state index contributed by atoms with van der Waals surface area (Å²) in [5, 5.41) is 6.63. The summed E-state index contributed by atoms with van der Waals surface area (Å²) in [7, 11) is 1.61. The van der Waals surface area contributed by atoms with Crippen molar-refractivity contribution in [2.75, 3.05) is 26.8 Å². The summed E-state index contributed by atoms with van der Waals surface area (Å²) in [4.78, 5) is 46.2. The number of nitrogens with zero attached hydrogens (tertiary/aromatic N) is 2. The molecule has 2 N–H and O–H groups in total. The fourth-order valence-electron chi connectivity index (χ4n) is 5.64. The molecule has 10 heteroatoms. The van der Waals surface area contributed by atoms with Crippen molar-refractivity contribution in [3.05, 3.63) is 66.7 Å². The van der Waals surface area contributed by atoms with Crippen molar-refractivity contribution in [1.82, 2.24) is 20.5 Å². The lowest BCUT2D eigenvalue weighted by Crippen LogP contribution is -2.56. The molecular weight excluding hydrogens is 560 g/mol. The van der Waals surface area contributed by atoms with Crippen LogP contribution < -0.4 is 25.0 Å². The Hall–Kier alpha value is -4.44. The summed E-state index contributed by atoms with van der Waals surface area (Å²) in [6.45, 7) is 2.66. The minimum absolute atomic E-state index is 0.205. The van der Waals surface area contributed by atoms with E-state index in [0.29, 0.717) is 36.4 Å². The molecular formula is C34H40N4O6+. The van der Waals surface area contributed by atoms with E-state index in [0.717, 1.165) is 35.9 Å². The maximum Gasteiger partial charge on any atom is 0.465 e. The van der Waals surface area contributed by atoms with Crippen LogP contribution in [0, 0.1) is 0 Å². The van der Waals surface area contributed by atoms with E-state index in [1.165, 1.54) is 4.90 Å². The monoisotopic (exact) mass is 600 g/mol. The first-order chi connectivity index (χ1) is 21.5. The Morgan fingerprint density at radius 1 is 1.05 bits per heavy atom. The van der Waals surface area contributed by atoms with Crippen LogP contribution in [-0.4, -0.2) is 67.9 Å². The average molecular weight is 601 g/mol. The number of carbonyl (C=O) groups is 3. The Bertz CT molecular complexity index is 1490. The van der Waals surface area contributed by atoms with Crippen LogP contribution in [0.3, 0.4) is 0 Å². The number of carbonyl (C=O) groups excluding carboxylic acids is 3.